The Hall–Kier alpha value is -3.06. The average molecular weight is 399 g/mol. The van der Waals surface area contributed by atoms with E-state index in [0.29, 0.717) is 25.5 Å². The lowest BCUT2D eigenvalue weighted by Crippen LogP contribution is -2.32. The number of alkyl carbamates (subject to hydrolysis) is 1. The maximum atomic E-state index is 12.0. The lowest BCUT2D eigenvalue weighted by atomic mass is 9.97. The van der Waals surface area contributed by atoms with Gasteiger partial charge < -0.3 is 24.3 Å². The van der Waals surface area contributed by atoms with Gasteiger partial charge in [0.15, 0.2) is 6.61 Å². The number of hydrogen-bond donors (Lipinski definition) is 1. The Bertz CT molecular complexity index is 823. The zero-order valence-electron chi connectivity index (χ0n) is 16.4. The second-order valence-electron chi connectivity index (χ2n) is 6.51. The van der Waals surface area contributed by atoms with Crippen LogP contribution in [0.15, 0.2) is 48.5 Å². The molecule has 0 saturated heterocycles. The molecule has 154 valence electrons. The summed E-state index contributed by atoms with van der Waals surface area (Å²) >= 11 is 0. The van der Waals surface area contributed by atoms with E-state index in [-0.39, 0.29) is 19.3 Å². The predicted octanol–water partition coefficient (Wildman–Crippen LogP) is 3.17. The molecule has 0 fully saturated rings. The molecule has 0 saturated carbocycles. The zero-order chi connectivity index (χ0) is 20.5. The van der Waals surface area contributed by atoms with Gasteiger partial charge in [0.05, 0.1) is 19.8 Å². The highest BCUT2D eigenvalue weighted by atomic mass is 16.6. The summed E-state index contributed by atoms with van der Waals surface area (Å²) in [4.78, 5) is 23.4. The predicted molar refractivity (Wildman–Crippen MR) is 106 cm³/mol. The quantitative estimate of drug-likeness (QED) is 0.687. The topological polar surface area (TPSA) is 83.1 Å². The highest BCUT2D eigenvalue weighted by Gasteiger charge is 2.22. The molecule has 3 rings (SSSR count). The van der Waals surface area contributed by atoms with Crippen molar-refractivity contribution in [1.29, 1.82) is 0 Å². The molecule has 2 aromatic rings. The monoisotopic (exact) mass is 399 g/mol. The molecule has 7 nitrogen and oxygen atoms in total. The lowest BCUT2D eigenvalue weighted by Gasteiger charge is -2.26. The number of carbonyl (C=O) groups excluding carboxylic acids is 2. The Morgan fingerprint density at radius 1 is 1.14 bits per heavy atom. The van der Waals surface area contributed by atoms with Crippen molar-refractivity contribution in [3.8, 4) is 5.75 Å². The molecule has 1 amide bonds. The van der Waals surface area contributed by atoms with Crippen molar-refractivity contribution >= 4 is 12.1 Å². The van der Waals surface area contributed by atoms with Crippen LogP contribution >= 0.6 is 0 Å². The minimum Gasteiger partial charge on any atom is -0.482 e. The minimum absolute atomic E-state index is 0.124. The van der Waals surface area contributed by atoms with Gasteiger partial charge in [0.25, 0.3) is 0 Å². The fourth-order valence-electron chi connectivity index (χ4n) is 3.07. The molecule has 1 heterocycles. The number of nitrogens with one attached hydrogen (secondary N) is 1. The number of amides is 1. The van der Waals surface area contributed by atoms with Crippen LogP contribution in [0.5, 0.6) is 5.75 Å². The summed E-state index contributed by atoms with van der Waals surface area (Å²) in [6, 6.07) is 15.1. The van der Waals surface area contributed by atoms with E-state index in [1.807, 2.05) is 42.5 Å². The van der Waals surface area contributed by atoms with Crippen LogP contribution in [0.25, 0.3) is 0 Å². The molecule has 7 heteroatoms. The molecule has 0 spiro atoms. The van der Waals surface area contributed by atoms with Crippen molar-refractivity contribution in [3.05, 3.63) is 65.2 Å². The number of ether oxygens (including phenoxy) is 4. The molecule has 0 radical (unpaired) electrons. The fourth-order valence-corrected chi connectivity index (χ4v) is 3.07. The first-order valence-corrected chi connectivity index (χ1v) is 9.63. The van der Waals surface area contributed by atoms with Crippen molar-refractivity contribution < 1.29 is 28.5 Å². The molecule has 1 N–H and O–H groups in total. The van der Waals surface area contributed by atoms with Gasteiger partial charge in [-0.1, -0.05) is 36.4 Å². The maximum Gasteiger partial charge on any atom is 0.407 e. The smallest absolute Gasteiger partial charge is 0.407 e. The van der Waals surface area contributed by atoms with Crippen molar-refractivity contribution in [1.82, 2.24) is 5.32 Å². The Morgan fingerprint density at radius 3 is 2.76 bits per heavy atom. The average Bonchev–Trinajstić information content (AvgIpc) is 2.75. The van der Waals surface area contributed by atoms with Crippen molar-refractivity contribution in [2.75, 3.05) is 26.4 Å². The number of hydrogen-bond acceptors (Lipinski definition) is 6. The molecule has 0 bridgehead atoms. The van der Waals surface area contributed by atoms with E-state index < -0.39 is 12.1 Å². The van der Waals surface area contributed by atoms with Crippen LogP contribution in [-0.2, 0) is 32.0 Å². The molecular weight excluding hydrogens is 374 g/mol. The second kappa shape index (κ2) is 10.5. The van der Waals surface area contributed by atoms with Gasteiger partial charge in [0.2, 0.25) is 0 Å². The van der Waals surface area contributed by atoms with E-state index in [2.05, 4.69) is 5.32 Å². The van der Waals surface area contributed by atoms with E-state index in [0.717, 1.165) is 23.1 Å². The second-order valence-corrected chi connectivity index (χ2v) is 6.51. The van der Waals surface area contributed by atoms with E-state index in [1.165, 1.54) is 0 Å². The summed E-state index contributed by atoms with van der Waals surface area (Å²) in [5.74, 6) is 0.206. The summed E-state index contributed by atoms with van der Waals surface area (Å²) in [7, 11) is 0. The Labute approximate surface area is 169 Å². The highest BCUT2D eigenvalue weighted by molar-refractivity contribution is 5.71. The van der Waals surface area contributed by atoms with Crippen molar-refractivity contribution in [3.63, 3.8) is 0 Å². The van der Waals surface area contributed by atoms with E-state index in [1.54, 1.807) is 13.0 Å². The standard InChI is InChI=1S/C22H25NO6/c1-2-26-21(24)15-28-18-8-9-19-17(12-18)10-11-27-20(19)13-23-22(25)29-14-16-6-4-3-5-7-16/h3-9,12,20H,2,10-11,13-15H2,1H3,(H,23,25). The molecule has 1 atom stereocenters. The third kappa shape index (κ3) is 6.22. The number of fused-ring (bicyclic) bond motifs is 1. The van der Waals surface area contributed by atoms with Gasteiger partial charge >= 0.3 is 12.1 Å². The number of esters is 1. The normalized spacial score (nSPS) is 15.1. The third-order valence-electron chi connectivity index (χ3n) is 4.46. The third-order valence-corrected chi connectivity index (χ3v) is 4.46. The van der Waals surface area contributed by atoms with Crippen LogP contribution in [-0.4, -0.2) is 38.4 Å². The van der Waals surface area contributed by atoms with Crippen molar-refractivity contribution in [2.24, 2.45) is 0 Å². The van der Waals surface area contributed by atoms with Crippen LogP contribution in [0.3, 0.4) is 0 Å². The first kappa shape index (κ1) is 20.7. The van der Waals surface area contributed by atoms with Gasteiger partial charge in [0, 0.05) is 0 Å². The van der Waals surface area contributed by atoms with Crippen LogP contribution in [0, 0.1) is 0 Å². The Kier molecular flexibility index (Phi) is 7.47. The summed E-state index contributed by atoms with van der Waals surface area (Å²) < 4.78 is 21.4. The molecule has 1 unspecified atom stereocenters. The molecule has 29 heavy (non-hydrogen) atoms. The minimum atomic E-state index is -0.487. The molecule has 2 aromatic carbocycles. The summed E-state index contributed by atoms with van der Waals surface area (Å²) in [6.45, 7) is 3.02. The van der Waals surface area contributed by atoms with Crippen molar-refractivity contribution in [2.45, 2.75) is 26.1 Å². The van der Waals surface area contributed by atoms with Crippen LogP contribution in [0.4, 0.5) is 4.79 Å². The first-order chi connectivity index (χ1) is 14.2. The van der Waals surface area contributed by atoms with Gasteiger partial charge in [-0.3, -0.25) is 0 Å². The van der Waals surface area contributed by atoms with E-state index in [4.69, 9.17) is 18.9 Å². The maximum absolute atomic E-state index is 12.0. The SMILES string of the molecule is CCOC(=O)COc1ccc2c(c1)CCOC2CNC(=O)OCc1ccccc1. The van der Waals surface area contributed by atoms with E-state index >= 15 is 0 Å². The largest absolute Gasteiger partial charge is 0.482 e. The Balaban J connectivity index is 1.50. The van der Waals surface area contributed by atoms with Gasteiger partial charge in [-0.2, -0.15) is 0 Å². The van der Waals surface area contributed by atoms with Crippen LogP contribution < -0.4 is 10.1 Å². The molecular formula is C22H25NO6. The Morgan fingerprint density at radius 2 is 1.97 bits per heavy atom. The molecule has 0 aliphatic carbocycles. The summed E-state index contributed by atoms with van der Waals surface area (Å²) in [5, 5.41) is 2.75. The highest BCUT2D eigenvalue weighted by Crippen LogP contribution is 2.29. The number of carbonyl (C=O) groups is 2. The summed E-state index contributed by atoms with van der Waals surface area (Å²) in [5.41, 5.74) is 2.99. The van der Waals surface area contributed by atoms with Crippen LogP contribution in [0.1, 0.15) is 29.7 Å². The fraction of sp³-hybridized carbons (Fsp3) is 0.364. The van der Waals surface area contributed by atoms with Gasteiger partial charge in [-0.25, -0.2) is 9.59 Å². The number of benzene rings is 2. The number of rotatable bonds is 8. The molecule has 1 aliphatic heterocycles. The van der Waals surface area contributed by atoms with Gasteiger partial charge in [0.1, 0.15) is 18.5 Å². The zero-order valence-corrected chi connectivity index (χ0v) is 16.4. The molecule has 0 aromatic heterocycles. The van der Waals surface area contributed by atoms with Gasteiger partial charge in [-0.15, -0.1) is 0 Å². The molecule has 1 aliphatic rings. The van der Waals surface area contributed by atoms with Gasteiger partial charge in [-0.05, 0) is 42.2 Å². The lowest BCUT2D eigenvalue weighted by molar-refractivity contribution is -0.145. The summed E-state index contributed by atoms with van der Waals surface area (Å²) in [6.07, 6.45) is -0.0120. The van der Waals surface area contributed by atoms with Crippen LogP contribution in [0.2, 0.25) is 0 Å². The van der Waals surface area contributed by atoms with E-state index in [9.17, 15) is 9.59 Å². The first-order valence-electron chi connectivity index (χ1n) is 9.63.